The van der Waals surface area contributed by atoms with Gasteiger partial charge in [0, 0.05) is 24.8 Å². The van der Waals surface area contributed by atoms with Gasteiger partial charge >= 0.3 is 0 Å². The average Bonchev–Trinajstić information content (AvgIpc) is 2.42. The largest absolute Gasteiger partial charge is 0.416 e. The van der Waals surface area contributed by atoms with Gasteiger partial charge in [-0.25, -0.2) is 5.43 Å². The molecule has 1 aromatic carbocycles. The molecule has 5 heteroatoms. The summed E-state index contributed by atoms with van der Waals surface area (Å²) in [6.07, 6.45) is 2.38. The van der Waals surface area contributed by atoms with Crippen molar-refractivity contribution in [3.8, 4) is 0 Å². The molecule has 0 aliphatic rings. The number of carbonyl (C=O) groups excluding carboxylic acids is 1. The van der Waals surface area contributed by atoms with E-state index in [2.05, 4.69) is 44.4 Å². The molecule has 21 heavy (non-hydrogen) atoms. The van der Waals surface area contributed by atoms with Crippen molar-refractivity contribution < 1.29 is 9.22 Å². The fourth-order valence-corrected chi connectivity index (χ4v) is 2.47. The Morgan fingerprint density at radius 3 is 2.48 bits per heavy atom. The summed E-state index contributed by atoms with van der Waals surface area (Å²) in [6, 6.07) is 9.03. The van der Waals surface area contributed by atoms with Crippen LogP contribution < -0.4 is 5.43 Å². The monoisotopic (exact) mass is 306 g/mol. The highest BCUT2D eigenvalue weighted by Crippen LogP contribution is 2.36. The third kappa shape index (κ3) is 5.81. The Kier molecular flexibility index (Phi) is 6.30. The first-order valence-electron chi connectivity index (χ1n) is 7.25. The van der Waals surface area contributed by atoms with Crippen molar-refractivity contribution in [2.45, 2.75) is 45.3 Å². The molecule has 1 amide bonds. The fraction of sp³-hybridized carbons (Fsp3) is 0.500. The van der Waals surface area contributed by atoms with Crippen molar-refractivity contribution in [2.75, 3.05) is 6.61 Å². The van der Waals surface area contributed by atoms with Gasteiger partial charge in [-0.15, -0.1) is 0 Å². The van der Waals surface area contributed by atoms with Gasteiger partial charge in [0.1, 0.15) is 0 Å². The Balaban J connectivity index is 2.29. The fourth-order valence-electron chi connectivity index (χ4n) is 1.41. The van der Waals surface area contributed by atoms with Crippen molar-refractivity contribution in [2.24, 2.45) is 5.10 Å². The van der Waals surface area contributed by atoms with Gasteiger partial charge < -0.3 is 4.43 Å². The highest BCUT2D eigenvalue weighted by atomic mass is 28.4. The third-order valence-corrected chi connectivity index (χ3v) is 8.35. The van der Waals surface area contributed by atoms with Crippen LogP contribution in [0.25, 0.3) is 0 Å². The van der Waals surface area contributed by atoms with Crippen molar-refractivity contribution in [3.05, 3.63) is 35.9 Å². The van der Waals surface area contributed by atoms with Gasteiger partial charge in [0.25, 0.3) is 5.91 Å². The topological polar surface area (TPSA) is 50.7 Å². The number of benzene rings is 1. The number of hydrogen-bond donors (Lipinski definition) is 1. The second kappa shape index (κ2) is 7.52. The van der Waals surface area contributed by atoms with Crippen molar-refractivity contribution in [1.82, 2.24) is 5.43 Å². The van der Waals surface area contributed by atoms with E-state index in [1.54, 1.807) is 18.3 Å². The number of nitrogens with one attached hydrogen (secondary N) is 1. The van der Waals surface area contributed by atoms with Gasteiger partial charge in [-0.05, 0) is 30.3 Å². The average molecular weight is 306 g/mol. The molecule has 1 aromatic rings. The maximum atomic E-state index is 11.7. The van der Waals surface area contributed by atoms with Crippen LogP contribution in [0.4, 0.5) is 0 Å². The van der Waals surface area contributed by atoms with Crippen LogP contribution in [0, 0.1) is 0 Å². The number of amides is 1. The summed E-state index contributed by atoms with van der Waals surface area (Å²) in [7, 11) is -1.69. The first-order valence-corrected chi connectivity index (χ1v) is 10.2. The standard InChI is InChI=1S/C16H26N2O2Si/c1-16(2,3)21(4,5)20-13-9-12-17-18-15(19)14-10-7-6-8-11-14/h6-8,10-12H,9,13H2,1-5H3,(H,18,19)/b17-12+. The molecule has 4 nitrogen and oxygen atoms in total. The molecule has 0 aliphatic heterocycles. The van der Waals surface area contributed by atoms with Gasteiger partial charge in [0.2, 0.25) is 0 Å². The third-order valence-electron chi connectivity index (χ3n) is 3.81. The van der Waals surface area contributed by atoms with Gasteiger partial charge in [-0.1, -0.05) is 39.0 Å². The predicted octanol–water partition coefficient (Wildman–Crippen LogP) is 3.81. The molecule has 0 radical (unpaired) electrons. The van der Waals surface area contributed by atoms with Crippen LogP contribution in [0.15, 0.2) is 35.4 Å². The van der Waals surface area contributed by atoms with E-state index in [0.717, 1.165) is 0 Å². The van der Waals surface area contributed by atoms with E-state index in [1.165, 1.54) is 0 Å². The Bertz CT molecular complexity index is 479. The number of nitrogens with zero attached hydrogens (tertiary/aromatic N) is 1. The molecule has 0 spiro atoms. The van der Waals surface area contributed by atoms with Gasteiger partial charge in [-0.2, -0.15) is 5.10 Å². The van der Waals surface area contributed by atoms with Crippen LogP contribution in [-0.4, -0.2) is 27.0 Å². The Labute approximate surface area is 128 Å². The highest BCUT2D eigenvalue weighted by Gasteiger charge is 2.36. The summed E-state index contributed by atoms with van der Waals surface area (Å²) in [6.45, 7) is 11.7. The minimum atomic E-state index is -1.69. The molecule has 0 aromatic heterocycles. The van der Waals surface area contributed by atoms with E-state index in [0.29, 0.717) is 18.6 Å². The summed E-state index contributed by atoms with van der Waals surface area (Å²) >= 11 is 0. The molecule has 1 N–H and O–H groups in total. The molecule has 0 aliphatic carbocycles. The molecule has 0 bridgehead atoms. The van der Waals surface area contributed by atoms with Crippen LogP contribution >= 0.6 is 0 Å². The smallest absolute Gasteiger partial charge is 0.271 e. The molecular weight excluding hydrogens is 280 g/mol. The Hall–Kier alpha value is -1.46. The number of rotatable bonds is 6. The van der Waals surface area contributed by atoms with Crippen LogP contribution in [0.2, 0.25) is 18.1 Å². The molecule has 0 heterocycles. The lowest BCUT2D eigenvalue weighted by Gasteiger charge is -2.36. The molecular formula is C16H26N2O2Si. The lowest BCUT2D eigenvalue weighted by Crippen LogP contribution is -2.41. The molecule has 0 unspecified atom stereocenters. The van der Waals surface area contributed by atoms with Crippen LogP contribution in [0.1, 0.15) is 37.6 Å². The molecule has 0 atom stereocenters. The van der Waals surface area contributed by atoms with Crippen LogP contribution in [0.5, 0.6) is 0 Å². The van der Waals surface area contributed by atoms with Gasteiger partial charge in [0.05, 0.1) is 0 Å². The zero-order valence-electron chi connectivity index (χ0n) is 13.6. The van der Waals surface area contributed by atoms with E-state index < -0.39 is 8.32 Å². The number of hydrazone groups is 1. The zero-order chi connectivity index (χ0) is 15.9. The molecule has 0 saturated heterocycles. The lowest BCUT2D eigenvalue weighted by molar-refractivity contribution is 0.0955. The summed E-state index contributed by atoms with van der Waals surface area (Å²) in [4.78, 5) is 11.7. The minimum absolute atomic E-state index is 0.197. The summed E-state index contributed by atoms with van der Waals surface area (Å²) in [5.41, 5.74) is 3.12. The molecule has 1 rings (SSSR count). The second-order valence-corrected chi connectivity index (χ2v) is 11.3. The maximum Gasteiger partial charge on any atom is 0.271 e. The van der Waals surface area contributed by atoms with E-state index in [1.807, 2.05) is 18.2 Å². The quantitative estimate of drug-likeness (QED) is 0.376. The van der Waals surface area contributed by atoms with E-state index >= 15 is 0 Å². The molecule has 116 valence electrons. The Morgan fingerprint density at radius 1 is 1.29 bits per heavy atom. The van der Waals surface area contributed by atoms with E-state index in [4.69, 9.17) is 4.43 Å². The minimum Gasteiger partial charge on any atom is -0.416 e. The van der Waals surface area contributed by atoms with Gasteiger partial charge in [-0.3, -0.25) is 4.79 Å². The highest BCUT2D eigenvalue weighted by molar-refractivity contribution is 6.74. The lowest BCUT2D eigenvalue weighted by atomic mass is 10.2. The first-order chi connectivity index (χ1) is 9.74. The Morgan fingerprint density at radius 2 is 1.90 bits per heavy atom. The van der Waals surface area contributed by atoms with Crippen molar-refractivity contribution in [3.63, 3.8) is 0 Å². The zero-order valence-corrected chi connectivity index (χ0v) is 14.6. The normalized spacial score (nSPS) is 12.6. The summed E-state index contributed by atoms with van der Waals surface area (Å²) in [5.74, 6) is -0.197. The maximum absolute atomic E-state index is 11.7. The van der Waals surface area contributed by atoms with Gasteiger partial charge in [0.15, 0.2) is 8.32 Å². The van der Waals surface area contributed by atoms with Crippen molar-refractivity contribution in [1.29, 1.82) is 0 Å². The first kappa shape index (κ1) is 17.6. The van der Waals surface area contributed by atoms with E-state index in [9.17, 15) is 4.79 Å². The molecule has 0 saturated carbocycles. The summed E-state index contributed by atoms with van der Waals surface area (Å²) in [5, 5.41) is 4.15. The predicted molar refractivity (Wildman–Crippen MR) is 90.2 cm³/mol. The van der Waals surface area contributed by atoms with E-state index in [-0.39, 0.29) is 10.9 Å². The van der Waals surface area contributed by atoms with Crippen LogP contribution in [0.3, 0.4) is 0 Å². The number of carbonyl (C=O) groups is 1. The van der Waals surface area contributed by atoms with Crippen LogP contribution in [-0.2, 0) is 4.43 Å². The second-order valence-electron chi connectivity index (χ2n) is 6.52. The molecule has 0 fully saturated rings. The summed E-state index contributed by atoms with van der Waals surface area (Å²) < 4.78 is 6.02. The van der Waals surface area contributed by atoms with Crippen molar-refractivity contribution >= 4 is 20.4 Å². The SMILES string of the molecule is CC(C)(C)[Si](C)(C)OCC/C=N/NC(=O)c1ccccc1. The number of hydrogen-bond acceptors (Lipinski definition) is 3.